The zero-order chi connectivity index (χ0) is 10.0. The Bertz CT molecular complexity index is 339. The molecule has 1 rings (SSSR count). The molecular formula is C9H11IN2O. The van der Waals surface area contributed by atoms with Crippen LogP contribution in [0.5, 0.6) is 5.75 Å². The van der Waals surface area contributed by atoms with Crippen LogP contribution in [-0.2, 0) is 0 Å². The van der Waals surface area contributed by atoms with Crippen molar-refractivity contribution in [3.63, 3.8) is 0 Å². The number of nitrogen functional groups attached to an aromatic ring is 1. The first-order valence-electron chi connectivity index (χ1n) is 3.73. The van der Waals surface area contributed by atoms with E-state index in [1.807, 2.05) is 6.07 Å². The third kappa shape index (κ3) is 1.94. The predicted molar refractivity (Wildman–Crippen MR) is 62.4 cm³/mol. The number of hydrogen-bond acceptors (Lipinski definition) is 3. The Hall–Kier alpha value is -0.750. The summed E-state index contributed by atoms with van der Waals surface area (Å²) in [5, 5.41) is 9.62. The molecule has 0 radical (unpaired) electrons. The molecule has 70 valence electrons. The minimum absolute atomic E-state index is 0.0549. The first-order chi connectivity index (χ1) is 6.07. The lowest BCUT2D eigenvalue weighted by Gasteiger charge is -2.11. The molecule has 0 unspecified atom stereocenters. The van der Waals surface area contributed by atoms with Crippen molar-refractivity contribution >= 4 is 28.3 Å². The predicted octanol–water partition coefficient (Wildman–Crippen LogP) is 1.76. The molecule has 0 aliphatic heterocycles. The van der Waals surface area contributed by atoms with Crippen LogP contribution < -0.4 is 11.5 Å². The molecule has 1 aromatic carbocycles. The summed E-state index contributed by atoms with van der Waals surface area (Å²) in [6.45, 7) is 3.55. The van der Waals surface area contributed by atoms with Crippen molar-refractivity contribution in [1.82, 2.24) is 0 Å². The Morgan fingerprint density at radius 2 is 2.15 bits per heavy atom. The fourth-order valence-electron chi connectivity index (χ4n) is 0.996. The average Bonchev–Trinajstić information content (AvgIpc) is 2.13. The summed E-state index contributed by atoms with van der Waals surface area (Å²) < 4.78 is 0.815. The zero-order valence-electron chi connectivity index (χ0n) is 7.00. The molecule has 1 aromatic rings. The molecule has 3 nitrogen and oxygen atoms in total. The van der Waals surface area contributed by atoms with E-state index in [4.69, 9.17) is 11.5 Å². The Kier molecular flexibility index (Phi) is 3.16. The third-order valence-electron chi connectivity index (χ3n) is 1.81. The van der Waals surface area contributed by atoms with Gasteiger partial charge in [-0.2, -0.15) is 0 Å². The SMILES string of the molecule is C=C[C@H](N)c1ccc(I)c(N)c1O. The van der Waals surface area contributed by atoms with Crippen LogP contribution in [0, 0.1) is 3.57 Å². The second kappa shape index (κ2) is 3.97. The third-order valence-corrected chi connectivity index (χ3v) is 2.75. The molecule has 5 N–H and O–H groups in total. The highest BCUT2D eigenvalue weighted by molar-refractivity contribution is 14.1. The first-order valence-corrected chi connectivity index (χ1v) is 4.80. The van der Waals surface area contributed by atoms with Crippen molar-refractivity contribution in [3.05, 3.63) is 33.9 Å². The lowest BCUT2D eigenvalue weighted by molar-refractivity contribution is 0.468. The number of halogens is 1. The summed E-state index contributed by atoms with van der Waals surface area (Å²) in [7, 11) is 0. The molecule has 1 atom stereocenters. The van der Waals surface area contributed by atoms with Gasteiger partial charge in [0, 0.05) is 9.13 Å². The normalized spacial score (nSPS) is 12.5. The molecule has 0 amide bonds. The van der Waals surface area contributed by atoms with Gasteiger partial charge in [0.25, 0.3) is 0 Å². The fourth-order valence-corrected chi connectivity index (χ4v) is 1.43. The minimum atomic E-state index is -0.376. The maximum absolute atomic E-state index is 9.62. The van der Waals surface area contributed by atoms with Gasteiger partial charge >= 0.3 is 0 Å². The fraction of sp³-hybridized carbons (Fsp3) is 0.111. The molecule has 0 fully saturated rings. The summed E-state index contributed by atoms with van der Waals surface area (Å²) in [5.41, 5.74) is 12.3. The number of aromatic hydroxyl groups is 1. The summed E-state index contributed by atoms with van der Waals surface area (Å²) >= 11 is 2.05. The van der Waals surface area contributed by atoms with Crippen molar-refractivity contribution in [1.29, 1.82) is 0 Å². The van der Waals surface area contributed by atoms with Crippen molar-refractivity contribution in [3.8, 4) is 5.75 Å². The van der Waals surface area contributed by atoms with Gasteiger partial charge < -0.3 is 16.6 Å². The van der Waals surface area contributed by atoms with E-state index in [0.717, 1.165) is 3.57 Å². The molecule has 0 bridgehead atoms. The Morgan fingerprint density at radius 1 is 1.54 bits per heavy atom. The summed E-state index contributed by atoms with van der Waals surface area (Å²) in [6, 6.07) is 3.19. The Balaban J connectivity index is 3.25. The molecule has 0 heterocycles. The number of phenols is 1. The molecule has 0 aromatic heterocycles. The molecule has 0 aliphatic carbocycles. The van der Waals surface area contributed by atoms with Crippen LogP contribution in [0.15, 0.2) is 24.8 Å². The van der Waals surface area contributed by atoms with Crippen LogP contribution >= 0.6 is 22.6 Å². The highest BCUT2D eigenvalue weighted by atomic mass is 127. The summed E-state index contributed by atoms with van der Waals surface area (Å²) in [6.07, 6.45) is 1.56. The minimum Gasteiger partial charge on any atom is -0.505 e. The largest absolute Gasteiger partial charge is 0.505 e. The van der Waals surface area contributed by atoms with Crippen LogP contribution in [0.4, 0.5) is 5.69 Å². The molecule has 4 heteroatoms. The molecule has 0 aliphatic rings. The highest BCUT2D eigenvalue weighted by Crippen LogP contribution is 2.32. The topological polar surface area (TPSA) is 72.3 Å². The zero-order valence-corrected chi connectivity index (χ0v) is 9.15. The molecule has 0 saturated carbocycles. The van der Waals surface area contributed by atoms with Crippen molar-refractivity contribution in [2.45, 2.75) is 6.04 Å². The molecule has 0 spiro atoms. The molecule has 13 heavy (non-hydrogen) atoms. The van der Waals surface area contributed by atoms with Gasteiger partial charge in [-0.25, -0.2) is 0 Å². The number of benzene rings is 1. The van der Waals surface area contributed by atoms with Gasteiger partial charge in [0.15, 0.2) is 0 Å². The Labute approximate surface area is 90.6 Å². The smallest absolute Gasteiger partial charge is 0.144 e. The van der Waals surface area contributed by atoms with Gasteiger partial charge in [0.2, 0.25) is 0 Å². The van der Waals surface area contributed by atoms with E-state index < -0.39 is 0 Å². The second-order valence-electron chi connectivity index (χ2n) is 2.66. The van der Waals surface area contributed by atoms with Gasteiger partial charge in [-0.1, -0.05) is 12.1 Å². The lowest BCUT2D eigenvalue weighted by atomic mass is 10.1. The average molecular weight is 290 g/mol. The number of hydrogen-bond donors (Lipinski definition) is 3. The van der Waals surface area contributed by atoms with E-state index in [1.165, 1.54) is 0 Å². The van der Waals surface area contributed by atoms with E-state index >= 15 is 0 Å². The van der Waals surface area contributed by atoms with Crippen molar-refractivity contribution in [2.75, 3.05) is 5.73 Å². The van der Waals surface area contributed by atoms with Crippen LogP contribution in [0.1, 0.15) is 11.6 Å². The monoisotopic (exact) mass is 290 g/mol. The number of rotatable bonds is 2. The first kappa shape index (κ1) is 10.3. The second-order valence-corrected chi connectivity index (χ2v) is 3.82. The number of anilines is 1. The van der Waals surface area contributed by atoms with Crippen LogP contribution in [0.3, 0.4) is 0 Å². The van der Waals surface area contributed by atoms with Gasteiger partial charge in [0.05, 0.1) is 11.7 Å². The van der Waals surface area contributed by atoms with Crippen molar-refractivity contribution in [2.24, 2.45) is 5.73 Å². The van der Waals surface area contributed by atoms with E-state index in [0.29, 0.717) is 11.3 Å². The van der Waals surface area contributed by atoms with Crippen LogP contribution in [0.2, 0.25) is 0 Å². The highest BCUT2D eigenvalue weighted by Gasteiger charge is 2.11. The van der Waals surface area contributed by atoms with E-state index in [9.17, 15) is 5.11 Å². The van der Waals surface area contributed by atoms with Crippen LogP contribution in [-0.4, -0.2) is 5.11 Å². The van der Waals surface area contributed by atoms with E-state index in [1.54, 1.807) is 12.1 Å². The summed E-state index contributed by atoms with van der Waals surface area (Å²) in [4.78, 5) is 0. The van der Waals surface area contributed by atoms with Gasteiger partial charge in [-0.3, -0.25) is 0 Å². The van der Waals surface area contributed by atoms with Gasteiger partial charge in [0.1, 0.15) is 5.75 Å². The summed E-state index contributed by atoms with van der Waals surface area (Å²) in [5.74, 6) is 0.0549. The van der Waals surface area contributed by atoms with Gasteiger partial charge in [-0.05, 0) is 28.7 Å². The quantitative estimate of drug-likeness (QED) is 0.336. The maximum Gasteiger partial charge on any atom is 0.144 e. The van der Waals surface area contributed by atoms with E-state index in [-0.39, 0.29) is 11.8 Å². The number of phenolic OH excluding ortho intramolecular Hbond substituents is 1. The number of nitrogens with two attached hydrogens (primary N) is 2. The van der Waals surface area contributed by atoms with E-state index in [2.05, 4.69) is 29.2 Å². The van der Waals surface area contributed by atoms with Gasteiger partial charge in [-0.15, -0.1) is 6.58 Å². The lowest BCUT2D eigenvalue weighted by Crippen LogP contribution is -2.08. The molecule has 0 saturated heterocycles. The standard InChI is InChI=1S/C9H11IN2O/c1-2-7(11)5-3-4-6(10)8(12)9(5)13/h2-4,7,13H,1,11-12H2/t7-/m0/s1. The molecular weight excluding hydrogens is 279 g/mol. The van der Waals surface area contributed by atoms with Crippen molar-refractivity contribution < 1.29 is 5.11 Å². The van der Waals surface area contributed by atoms with Crippen LogP contribution in [0.25, 0.3) is 0 Å². The Morgan fingerprint density at radius 3 is 2.69 bits per heavy atom. The maximum atomic E-state index is 9.62.